The van der Waals surface area contributed by atoms with Crippen LogP contribution in [0, 0.1) is 0 Å². The molecule has 0 saturated heterocycles. The smallest absolute Gasteiger partial charge is 0.395 e. The average molecular weight is 481 g/mol. The van der Waals surface area contributed by atoms with Crippen LogP contribution in [0.5, 0.6) is 0 Å². The Hall–Kier alpha value is -2.84. The van der Waals surface area contributed by atoms with E-state index in [-0.39, 0.29) is 16.6 Å². The van der Waals surface area contributed by atoms with Gasteiger partial charge in [0.2, 0.25) is 0 Å². The Morgan fingerprint density at radius 3 is 2.15 bits per heavy atom. The van der Waals surface area contributed by atoms with Crippen LogP contribution in [-0.2, 0) is 0 Å². The van der Waals surface area contributed by atoms with Crippen molar-refractivity contribution in [2.24, 2.45) is 10.7 Å². The van der Waals surface area contributed by atoms with Gasteiger partial charge in [-0.25, -0.2) is 4.99 Å². The highest BCUT2D eigenvalue weighted by atomic mass is 35.5. The minimum atomic E-state index is -4.70. The molecular formula is C24H28ClF3N4O. The summed E-state index contributed by atoms with van der Waals surface area (Å²) in [4.78, 5) is 20.9. The van der Waals surface area contributed by atoms with Crippen LogP contribution in [0.2, 0.25) is 5.02 Å². The minimum absolute atomic E-state index is 0.0215. The van der Waals surface area contributed by atoms with Crippen LogP contribution in [0.3, 0.4) is 0 Å². The average Bonchev–Trinajstić information content (AvgIpc) is 2.79. The third-order valence-corrected chi connectivity index (χ3v) is 5.45. The summed E-state index contributed by atoms with van der Waals surface area (Å²) in [7, 11) is 1.72. The first kappa shape index (κ1) is 26.4. The van der Waals surface area contributed by atoms with E-state index in [1.54, 1.807) is 60.5 Å². The van der Waals surface area contributed by atoms with E-state index in [1.165, 1.54) is 0 Å². The van der Waals surface area contributed by atoms with Gasteiger partial charge < -0.3 is 15.5 Å². The maximum atomic E-state index is 13.1. The zero-order valence-electron chi connectivity index (χ0n) is 18.9. The lowest BCUT2D eigenvalue weighted by molar-refractivity contribution is -0.0925. The molecule has 5 nitrogen and oxygen atoms in total. The number of carbonyl (C=O) groups is 1. The zero-order chi connectivity index (χ0) is 24.6. The van der Waals surface area contributed by atoms with E-state index in [4.69, 9.17) is 17.3 Å². The molecule has 0 heterocycles. The van der Waals surface area contributed by atoms with Gasteiger partial charge in [0.15, 0.2) is 0 Å². The molecule has 2 aromatic carbocycles. The summed E-state index contributed by atoms with van der Waals surface area (Å²) < 4.78 is 39.2. The number of halogens is 4. The van der Waals surface area contributed by atoms with E-state index >= 15 is 0 Å². The SMILES string of the molecule is CCN(CC)CCN(C)C(=O)c1ccc(C(/C=C(\N)C(F)(F)F)=Nc2ccccc2Cl)cc1. The second-order valence-electron chi connectivity index (χ2n) is 7.38. The Kier molecular flexibility index (Phi) is 9.49. The second kappa shape index (κ2) is 11.9. The third-order valence-electron chi connectivity index (χ3n) is 5.13. The fourth-order valence-corrected chi connectivity index (χ4v) is 3.20. The van der Waals surface area contributed by atoms with Gasteiger partial charge in [-0.15, -0.1) is 0 Å². The number of benzene rings is 2. The lowest BCUT2D eigenvalue weighted by Gasteiger charge is -2.23. The molecule has 0 aliphatic carbocycles. The number of nitrogens with zero attached hydrogens (tertiary/aromatic N) is 3. The third kappa shape index (κ3) is 7.61. The maximum absolute atomic E-state index is 13.1. The van der Waals surface area contributed by atoms with Crippen molar-refractivity contribution in [2.45, 2.75) is 20.0 Å². The fourth-order valence-electron chi connectivity index (χ4n) is 3.02. The molecule has 0 spiro atoms. The van der Waals surface area contributed by atoms with Crippen molar-refractivity contribution >= 4 is 28.9 Å². The van der Waals surface area contributed by atoms with Gasteiger partial charge in [0.25, 0.3) is 5.91 Å². The number of alkyl halides is 3. The van der Waals surface area contributed by atoms with E-state index in [1.807, 2.05) is 0 Å². The maximum Gasteiger partial charge on any atom is 0.430 e. The van der Waals surface area contributed by atoms with Gasteiger partial charge in [0.1, 0.15) is 5.70 Å². The van der Waals surface area contributed by atoms with Crippen molar-refractivity contribution in [3.8, 4) is 0 Å². The molecule has 178 valence electrons. The van der Waals surface area contributed by atoms with Crippen molar-refractivity contribution in [2.75, 3.05) is 33.2 Å². The van der Waals surface area contributed by atoms with Gasteiger partial charge >= 0.3 is 6.18 Å². The first-order chi connectivity index (χ1) is 15.6. The monoisotopic (exact) mass is 480 g/mol. The number of hydrogen-bond acceptors (Lipinski definition) is 4. The number of likely N-dealkylation sites (N-methyl/N-ethyl adjacent to an activating group) is 2. The summed E-state index contributed by atoms with van der Waals surface area (Å²) in [5, 5.41) is 0.288. The molecule has 0 aliphatic rings. The first-order valence-electron chi connectivity index (χ1n) is 10.5. The van der Waals surface area contributed by atoms with Crippen LogP contribution in [0.15, 0.2) is 65.3 Å². The fraction of sp³-hybridized carbons (Fsp3) is 0.333. The van der Waals surface area contributed by atoms with Gasteiger partial charge in [-0.1, -0.05) is 49.7 Å². The molecule has 0 aromatic heterocycles. The number of hydrogen-bond donors (Lipinski definition) is 1. The number of rotatable bonds is 9. The van der Waals surface area contributed by atoms with Gasteiger partial charge in [0, 0.05) is 31.3 Å². The largest absolute Gasteiger partial charge is 0.430 e. The number of nitrogens with two attached hydrogens (primary N) is 1. The standard InChI is InChI=1S/C24H28ClF3N4O/c1-4-32(5-2)15-14-31(3)23(33)18-12-10-17(11-13-18)21(16-22(29)24(26,27)28)30-20-9-7-6-8-19(20)25/h6-13,16H,4-5,14-15,29H2,1-3H3/b22-16-,30-21?. The van der Waals surface area contributed by atoms with Crippen LogP contribution in [-0.4, -0.2) is 60.8 Å². The molecule has 0 unspecified atom stereocenters. The van der Waals surface area contributed by atoms with Crippen molar-refractivity contribution < 1.29 is 18.0 Å². The number of allylic oxidation sites excluding steroid dienone is 2. The number of para-hydroxylation sites is 1. The van der Waals surface area contributed by atoms with Crippen LogP contribution in [0.4, 0.5) is 18.9 Å². The summed E-state index contributed by atoms with van der Waals surface area (Å²) >= 11 is 6.12. The molecule has 0 fully saturated rings. The molecule has 0 radical (unpaired) electrons. The van der Waals surface area contributed by atoms with Crippen LogP contribution in [0.25, 0.3) is 0 Å². The molecule has 9 heteroatoms. The van der Waals surface area contributed by atoms with Gasteiger partial charge in [-0.3, -0.25) is 4.79 Å². The molecule has 1 amide bonds. The first-order valence-corrected chi connectivity index (χ1v) is 10.9. The Bertz CT molecular complexity index is 1000. The van der Waals surface area contributed by atoms with Crippen LogP contribution in [0.1, 0.15) is 29.8 Å². The van der Waals surface area contributed by atoms with Gasteiger partial charge in [-0.05, 0) is 43.4 Å². The second-order valence-corrected chi connectivity index (χ2v) is 7.78. The van der Waals surface area contributed by atoms with Crippen LogP contribution < -0.4 is 5.73 Å². The number of amides is 1. The topological polar surface area (TPSA) is 61.9 Å². The summed E-state index contributed by atoms with van der Waals surface area (Å²) in [5.74, 6) is -0.177. The van der Waals surface area contributed by atoms with Crippen molar-refractivity contribution in [1.82, 2.24) is 9.80 Å². The molecule has 0 saturated carbocycles. The lowest BCUT2D eigenvalue weighted by Crippen LogP contribution is -2.36. The molecule has 33 heavy (non-hydrogen) atoms. The lowest BCUT2D eigenvalue weighted by atomic mass is 10.1. The van der Waals surface area contributed by atoms with E-state index in [0.717, 1.165) is 25.7 Å². The molecule has 2 N–H and O–H groups in total. The Labute approximate surface area is 197 Å². The highest BCUT2D eigenvalue weighted by molar-refractivity contribution is 6.33. The molecule has 2 rings (SSSR count). The van der Waals surface area contributed by atoms with E-state index in [9.17, 15) is 18.0 Å². The van der Waals surface area contributed by atoms with E-state index < -0.39 is 11.9 Å². The highest BCUT2D eigenvalue weighted by Gasteiger charge is 2.31. The molecule has 0 aliphatic heterocycles. The Morgan fingerprint density at radius 2 is 1.61 bits per heavy atom. The molecule has 0 atom stereocenters. The van der Waals surface area contributed by atoms with Crippen molar-refractivity contribution in [3.63, 3.8) is 0 Å². The summed E-state index contributed by atoms with van der Waals surface area (Å²) in [6.07, 6.45) is -3.94. The zero-order valence-corrected chi connectivity index (χ0v) is 19.6. The number of carbonyl (C=O) groups excluding carboxylic acids is 1. The van der Waals surface area contributed by atoms with E-state index in [2.05, 4.69) is 23.7 Å². The quantitative estimate of drug-likeness (QED) is 0.497. The van der Waals surface area contributed by atoms with Crippen molar-refractivity contribution in [1.29, 1.82) is 0 Å². The summed E-state index contributed by atoms with van der Waals surface area (Å²) in [6.45, 7) is 7.23. The van der Waals surface area contributed by atoms with E-state index in [0.29, 0.717) is 23.4 Å². The normalized spacial score (nSPS) is 12.8. The molecule has 0 bridgehead atoms. The summed E-state index contributed by atoms with van der Waals surface area (Å²) in [6, 6.07) is 12.7. The Balaban J connectivity index is 2.32. The predicted octanol–water partition coefficient (Wildman–Crippen LogP) is 5.28. The predicted molar refractivity (Wildman–Crippen MR) is 127 cm³/mol. The molecule has 2 aromatic rings. The Morgan fingerprint density at radius 1 is 1.03 bits per heavy atom. The van der Waals surface area contributed by atoms with Crippen LogP contribution >= 0.6 is 11.6 Å². The molecular weight excluding hydrogens is 453 g/mol. The minimum Gasteiger partial charge on any atom is -0.395 e. The number of aliphatic imine (C=N–C) groups is 1. The highest BCUT2D eigenvalue weighted by Crippen LogP contribution is 2.27. The van der Waals surface area contributed by atoms with Gasteiger partial charge in [-0.2, -0.15) is 13.2 Å². The van der Waals surface area contributed by atoms with Gasteiger partial charge in [0.05, 0.1) is 16.4 Å². The summed E-state index contributed by atoms with van der Waals surface area (Å²) in [5.41, 5.74) is 5.02. The van der Waals surface area contributed by atoms with Crippen molar-refractivity contribution in [3.05, 3.63) is 76.5 Å².